The largest absolute Gasteiger partial charge is 0.320 e. The van der Waals surface area contributed by atoms with Crippen LogP contribution in [0.2, 0.25) is 0 Å². The van der Waals surface area contributed by atoms with Gasteiger partial charge in [0, 0.05) is 20.4 Å². The second-order valence-electron chi connectivity index (χ2n) is 6.41. The van der Waals surface area contributed by atoms with Gasteiger partial charge in [0.05, 0.1) is 0 Å². The molecule has 0 unspecified atom stereocenters. The molecule has 0 spiro atoms. The molecule has 0 aliphatic rings. The van der Waals surface area contributed by atoms with Crippen molar-refractivity contribution in [2.75, 3.05) is 13.6 Å². The van der Waals surface area contributed by atoms with Crippen molar-refractivity contribution >= 4 is 0 Å². The minimum Gasteiger partial charge on any atom is -0.320 e. The predicted molar refractivity (Wildman–Crippen MR) is 93.5 cm³/mol. The third kappa shape index (κ3) is 23.0. The third-order valence-corrected chi connectivity index (χ3v) is 4.28. The van der Waals surface area contributed by atoms with Crippen molar-refractivity contribution in [1.82, 2.24) is 5.32 Å². The van der Waals surface area contributed by atoms with E-state index >= 15 is 0 Å². The number of rotatable bonds is 17. The summed E-state index contributed by atoms with van der Waals surface area (Å²) in [4.78, 5) is 0. The molecule has 0 aliphatic heterocycles. The van der Waals surface area contributed by atoms with Gasteiger partial charge < -0.3 is 5.32 Å². The molecule has 0 rings (SSSR count). The average molecular weight is 390 g/mol. The molecule has 21 heavy (non-hydrogen) atoms. The van der Waals surface area contributed by atoms with Gasteiger partial charge in [-0.05, 0) is 20.0 Å². The molecule has 0 bridgehead atoms. The Balaban J connectivity index is 0. The number of nitrogens with one attached hydrogen (secondary N) is 1. The zero-order valence-electron chi connectivity index (χ0n) is 14.8. The molecule has 1 N–H and O–H groups in total. The molecule has 0 amide bonds. The van der Waals surface area contributed by atoms with Gasteiger partial charge in [-0.3, -0.25) is 0 Å². The summed E-state index contributed by atoms with van der Waals surface area (Å²) in [6.45, 7) is 3.49. The SMILES string of the molecule is CCCCCCCCCCCCCCCCCCNC.[Pd]. The number of hydrogen-bond donors (Lipinski definition) is 1. The molecule has 0 heterocycles. The quantitative estimate of drug-likeness (QED) is 0.222. The maximum Gasteiger partial charge on any atom is 0 e. The fourth-order valence-electron chi connectivity index (χ4n) is 2.85. The molecule has 0 fully saturated rings. The maximum absolute atomic E-state index is 3.22. The van der Waals surface area contributed by atoms with Gasteiger partial charge in [0.1, 0.15) is 0 Å². The van der Waals surface area contributed by atoms with E-state index in [1.54, 1.807) is 0 Å². The third-order valence-electron chi connectivity index (χ3n) is 4.28. The molecular weight excluding hydrogens is 349 g/mol. The predicted octanol–water partition coefficient (Wildman–Crippen LogP) is 6.46. The Hall–Kier alpha value is 0.622. The first-order valence-corrected chi connectivity index (χ1v) is 9.56. The Morgan fingerprint density at radius 1 is 0.476 bits per heavy atom. The topological polar surface area (TPSA) is 12.0 Å². The van der Waals surface area contributed by atoms with Crippen LogP contribution in [-0.4, -0.2) is 13.6 Å². The van der Waals surface area contributed by atoms with Crippen LogP contribution < -0.4 is 5.32 Å². The average Bonchev–Trinajstić information content (AvgIpc) is 2.47. The van der Waals surface area contributed by atoms with Crippen LogP contribution in [0.5, 0.6) is 0 Å². The molecule has 1 nitrogen and oxygen atoms in total. The Kier molecular flexibility index (Phi) is 26.0. The van der Waals surface area contributed by atoms with Crippen LogP contribution in [0.25, 0.3) is 0 Å². The van der Waals surface area contributed by atoms with E-state index in [4.69, 9.17) is 0 Å². The number of unbranched alkanes of at least 4 members (excludes halogenated alkanes) is 15. The molecular formula is C19H41NPd. The van der Waals surface area contributed by atoms with Crippen molar-refractivity contribution in [2.24, 2.45) is 0 Å². The van der Waals surface area contributed by atoms with E-state index in [2.05, 4.69) is 12.2 Å². The maximum atomic E-state index is 3.22. The van der Waals surface area contributed by atoms with Crippen LogP contribution >= 0.6 is 0 Å². The summed E-state index contributed by atoms with van der Waals surface area (Å²) < 4.78 is 0. The van der Waals surface area contributed by atoms with Gasteiger partial charge in [0.15, 0.2) is 0 Å². The van der Waals surface area contributed by atoms with Crippen LogP contribution in [0, 0.1) is 0 Å². The summed E-state index contributed by atoms with van der Waals surface area (Å²) >= 11 is 0. The first kappa shape index (κ1) is 23.9. The van der Waals surface area contributed by atoms with Crippen LogP contribution in [-0.2, 0) is 20.4 Å². The van der Waals surface area contributed by atoms with Gasteiger partial charge in [-0.2, -0.15) is 0 Å². The Labute approximate surface area is 149 Å². The van der Waals surface area contributed by atoms with Crippen molar-refractivity contribution in [3.63, 3.8) is 0 Å². The smallest absolute Gasteiger partial charge is 0 e. The van der Waals surface area contributed by atoms with Crippen molar-refractivity contribution < 1.29 is 20.4 Å². The standard InChI is InChI=1S/C19H41N.Pd/c1-3-4-5-6-7-8-9-10-11-12-13-14-15-16-17-18-19-20-2;/h20H,3-19H2,1-2H3;. The van der Waals surface area contributed by atoms with E-state index in [1.807, 2.05) is 7.05 Å². The zero-order chi connectivity index (χ0) is 14.7. The first-order valence-electron chi connectivity index (χ1n) is 9.56. The van der Waals surface area contributed by atoms with Crippen molar-refractivity contribution in [2.45, 2.75) is 110 Å². The Morgan fingerprint density at radius 3 is 1.05 bits per heavy atom. The minimum atomic E-state index is 0. The van der Waals surface area contributed by atoms with Crippen LogP contribution in [0.3, 0.4) is 0 Å². The fraction of sp³-hybridized carbons (Fsp3) is 1.00. The molecule has 0 radical (unpaired) electrons. The molecule has 132 valence electrons. The second kappa shape index (κ2) is 22.9. The minimum absolute atomic E-state index is 0. The molecule has 0 aromatic heterocycles. The monoisotopic (exact) mass is 389 g/mol. The van der Waals surface area contributed by atoms with Gasteiger partial charge >= 0.3 is 0 Å². The normalized spacial score (nSPS) is 10.6. The first-order chi connectivity index (χ1) is 9.91. The zero-order valence-corrected chi connectivity index (χ0v) is 16.4. The Bertz CT molecular complexity index is 144. The summed E-state index contributed by atoms with van der Waals surface area (Å²) in [6, 6.07) is 0. The van der Waals surface area contributed by atoms with Crippen molar-refractivity contribution in [1.29, 1.82) is 0 Å². The molecule has 0 saturated carbocycles. The van der Waals surface area contributed by atoms with Gasteiger partial charge in [-0.25, -0.2) is 0 Å². The summed E-state index contributed by atoms with van der Waals surface area (Å²) in [6.07, 6.45) is 23.2. The van der Waals surface area contributed by atoms with E-state index in [0.717, 1.165) is 0 Å². The summed E-state index contributed by atoms with van der Waals surface area (Å²) in [7, 11) is 2.05. The van der Waals surface area contributed by atoms with Gasteiger partial charge in [0.25, 0.3) is 0 Å². The van der Waals surface area contributed by atoms with Crippen LogP contribution in [0.4, 0.5) is 0 Å². The molecule has 0 aliphatic carbocycles. The van der Waals surface area contributed by atoms with Crippen LogP contribution in [0.1, 0.15) is 110 Å². The van der Waals surface area contributed by atoms with Gasteiger partial charge in [0.2, 0.25) is 0 Å². The van der Waals surface area contributed by atoms with E-state index in [9.17, 15) is 0 Å². The molecule has 0 atom stereocenters. The van der Waals surface area contributed by atoms with Gasteiger partial charge in [-0.1, -0.05) is 103 Å². The fourth-order valence-corrected chi connectivity index (χ4v) is 2.85. The van der Waals surface area contributed by atoms with E-state index in [1.165, 1.54) is 109 Å². The van der Waals surface area contributed by atoms with Crippen molar-refractivity contribution in [3.8, 4) is 0 Å². The Morgan fingerprint density at radius 2 is 0.762 bits per heavy atom. The summed E-state index contributed by atoms with van der Waals surface area (Å²) in [5.41, 5.74) is 0. The van der Waals surface area contributed by atoms with E-state index < -0.39 is 0 Å². The summed E-state index contributed by atoms with van der Waals surface area (Å²) in [5.74, 6) is 0. The summed E-state index contributed by atoms with van der Waals surface area (Å²) in [5, 5.41) is 3.22. The van der Waals surface area contributed by atoms with Gasteiger partial charge in [-0.15, -0.1) is 0 Å². The van der Waals surface area contributed by atoms with E-state index in [0.29, 0.717) is 0 Å². The molecule has 0 saturated heterocycles. The molecule has 2 heteroatoms. The molecule has 0 aromatic rings. The van der Waals surface area contributed by atoms with Crippen LogP contribution in [0.15, 0.2) is 0 Å². The second-order valence-corrected chi connectivity index (χ2v) is 6.41. The van der Waals surface area contributed by atoms with E-state index in [-0.39, 0.29) is 20.4 Å². The molecule has 0 aromatic carbocycles. The van der Waals surface area contributed by atoms with Crippen molar-refractivity contribution in [3.05, 3.63) is 0 Å². The number of hydrogen-bond acceptors (Lipinski definition) is 1.